The van der Waals surface area contributed by atoms with Crippen LogP contribution < -0.4 is 4.74 Å². The molecule has 0 aliphatic carbocycles. The van der Waals surface area contributed by atoms with Crippen molar-refractivity contribution in [1.82, 2.24) is 14.8 Å². The van der Waals surface area contributed by atoms with Gasteiger partial charge in [0, 0.05) is 18.2 Å². The predicted molar refractivity (Wildman–Crippen MR) is 92.3 cm³/mol. The van der Waals surface area contributed by atoms with Gasteiger partial charge in [0.25, 0.3) is 0 Å². The molecule has 0 N–H and O–H groups in total. The van der Waals surface area contributed by atoms with Gasteiger partial charge in [-0.3, -0.25) is 9.78 Å². The van der Waals surface area contributed by atoms with Gasteiger partial charge in [-0.2, -0.15) is 5.10 Å². The molecule has 4 heterocycles. The summed E-state index contributed by atoms with van der Waals surface area (Å²) in [5.41, 5.74) is 4.05. The largest absolute Gasteiger partial charge is 0.493 e. The maximum atomic E-state index is 12.6. The van der Waals surface area contributed by atoms with Crippen molar-refractivity contribution in [2.24, 2.45) is 4.99 Å². The second-order valence-electron chi connectivity index (χ2n) is 6.06. The summed E-state index contributed by atoms with van der Waals surface area (Å²) in [4.78, 5) is 21.6. The molecule has 0 saturated carbocycles. The zero-order chi connectivity index (χ0) is 16.8. The number of Topliss-reactive ketones (excluding diaryl/α,β-unsaturated/α-hetero) is 1. The molecule has 5 rings (SSSR count). The van der Waals surface area contributed by atoms with Crippen LogP contribution in [0.25, 0.3) is 11.3 Å². The number of fused-ring (bicyclic) bond motifs is 2. The molecular formula is C19H14N4O2. The first-order chi connectivity index (χ1) is 12.3. The molecule has 0 unspecified atom stereocenters. The Morgan fingerprint density at radius 1 is 1.16 bits per heavy atom. The van der Waals surface area contributed by atoms with Crippen LogP contribution in [0, 0.1) is 0 Å². The van der Waals surface area contributed by atoms with Crippen molar-refractivity contribution in [2.75, 3.05) is 6.61 Å². The summed E-state index contributed by atoms with van der Waals surface area (Å²) < 4.78 is 7.17. The Bertz CT molecular complexity index is 1020. The van der Waals surface area contributed by atoms with E-state index in [1.165, 1.54) is 0 Å². The van der Waals surface area contributed by atoms with Gasteiger partial charge in [-0.15, -0.1) is 0 Å². The lowest BCUT2D eigenvalue weighted by Gasteiger charge is -2.15. The molecule has 0 spiro atoms. The number of aliphatic imine (C=N–C) groups is 1. The highest BCUT2D eigenvalue weighted by Crippen LogP contribution is 2.33. The highest BCUT2D eigenvalue weighted by molar-refractivity contribution is 6.47. The van der Waals surface area contributed by atoms with Gasteiger partial charge in [0.15, 0.2) is 5.82 Å². The number of benzene rings is 1. The Balaban J connectivity index is 1.63. The van der Waals surface area contributed by atoms with E-state index >= 15 is 0 Å². The normalized spacial score (nSPS) is 15.4. The van der Waals surface area contributed by atoms with E-state index < -0.39 is 0 Å². The monoisotopic (exact) mass is 330 g/mol. The molecule has 2 aromatic heterocycles. The van der Waals surface area contributed by atoms with Gasteiger partial charge >= 0.3 is 0 Å². The van der Waals surface area contributed by atoms with Gasteiger partial charge in [0.1, 0.15) is 18.0 Å². The molecular weight excluding hydrogens is 316 g/mol. The SMILES string of the molecule is O=C1Cn2ncc(-c3ccccn3)c2N=C1c1ccc2c(c1)CCO2. The number of ketones is 1. The lowest BCUT2D eigenvalue weighted by atomic mass is 10.0. The van der Waals surface area contributed by atoms with Gasteiger partial charge in [-0.25, -0.2) is 9.67 Å². The van der Waals surface area contributed by atoms with E-state index in [2.05, 4.69) is 15.1 Å². The number of hydrogen-bond acceptors (Lipinski definition) is 5. The third kappa shape index (κ3) is 2.26. The number of hydrogen-bond donors (Lipinski definition) is 0. The van der Waals surface area contributed by atoms with Crippen molar-refractivity contribution >= 4 is 17.3 Å². The zero-order valence-electron chi connectivity index (χ0n) is 13.3. The van der Waals surface area contributed by atoms with Crippen LogP contribution in [0.4, 0.5) is 5.82 Å². The summed E-state index contributed by atoms with van der Waals surface area (Å²) in [5.74, 6) is 1.53. The Morgan fingerprint density at radius 3 is 3.00 bits per heavy atom. The lowest BCUT2D eigenvalue weighted by molar-refractivity contribution is -0.113. The van der Waals surface area contributed by atoms with Crippen LogP contribution in [0.2, 0.25) is 0 Å². The van der Waals surface area contributed by atoms with Crippen LogP contribution in [0.3, 0.4) is 0 Å². The van der Waals surface area contributed by atoms with E-state index in [4.69, 9.17) is 4.74 Å². The van der Waals surface area contributed by atoms with Crippen molar-refractivity contribution in [3.8, 4) is 17.0 Å². The Morgan fingerprint density at radius 2 is 2.12 bits per heavy atom. The molecule has 1 aromatic carbocycles. The van der Waals surface area contributed by atoms with Crippen LogP contribution in [0.1, 0.15) is 11.1 Å². The van der Waals surface area contributed by atoms with Gasteiger partial charge < -0.3 is 4.74 Å². The quantitative estimate of drug-likeness (QED) is 0.724. The molecule has 0 radical (unpaired) electrons. The summed E-state index contributed by atoms with van der Waals surface area (Å²) in [7, 11) is 0. The molecule has 2 aliphatic heterocycles. The predicted octanol–water partition coefficient (Wildman–Crippen LogP) is 2.58. The highest BCUT2D eigenvalue weighted by atomic mass is 16.5. The molecule has 2 aliphatic rings. The summed E-state index contributed by atoms with van der Waals surface area (Å²) in [6.45, 7) is 0.879. The maximum Gasteiger partial charge on any atom is 0.203 e. The van der Waals surface area contributed by atoms with E-state index in [9.17, 15) is 4.79 Å². The summed E-state index contributed by atoms with van der Waals surface area (Å²) in [6.07, 6.45) is 4.31. The standard InChI is InChI=1S/C19H14N4O2/c24-16-11-23-19(14(10-21-23)15-3-1-2-7-20-15)22-18(16)13-4-5-17-12(9-13)6-8-25-17/h1-5,7,9-10H,6,8,11H2. The lowest BCUT2D eigenvalue weighted by Crippen LogP contribution is -2.25. The minimum absolute atomic E-state index is 0.0398. The second-order valence-corrected chi connectivity index (χ2v) is 6.06. The van der Waals surface area contributed by atoms with E-state index in [-0.39, 0.29) is 12.3 Å². The first kappa shape index (κ1) is 14.1. The van der Waals surface area contributed by atoms with Gasteiger partial charge in [0.05, 0.1) is 24.1 Å². The number of rotatable bonds is 2. The van der Waals surface area contributed by atoms with Gasteiger partial charge in [-0.1, -0.05) is 6.07 Å². The van der Waals surface area contributed by atoms with Crippen LogP contribution in [0.5, 0.6) is 5.75 Å². The third-order valence-corrected chi connectivity index (χ3v) is 4.49. The Hall–Kier alpha value is -3.28. The summed E-state index contributed by atoms with van der Waals surface area (Å²) >= 11 is 0. The molecule has 122 valence electrons. The molecule has 3 aromatic rings. The van der Waals surface area contributed by atoms with E-state index in [0.717, 1.165) is 34.6 Å². The molecule has 0 saturated heterocycles. The molecule has 25 heavy (non-hydrogen) atoms. The van der Waals surface area contributed by atoms with E-state index in [1.54, 1.807) is 17.1 Å². The smallest absolute Gasteiger partial charge is 0.203 e. The van der Waals surface area contributed by atoms with Gasteiger partial charge in [-0.05, 0) is 35.9 Å². The van der Waals surface area contributed by atoms with Crippen LogP contribution in [-0.4, -0.2) is 32.9 Å². The number of carbonyl (C=O) groups excluding carboxylic acids is 1. The zero-order valence-corrected chi connectivity index (χ0v) is 13.3. The maximum absolute atomic E-state index is 12.6. The third-order valence-electron chi connectivity index (χ3n) is 4.49. The highest BCUT2D eigenvalue weighted by Gasteiger charge is 2.26. The molecule has 6 heteroatoms. The number of ether oxygens (including phenoxy) is 1. The fourth-order valence-electron chi connectivity index (χ4n) is 3.25. The first-order valence-electron chi connectivity index (χ1n) is 8.15. The average molecular weight is 330 g/mol. The van der Waals surface area contributed by atoms with Crippen molar-refractivity contribution in [3.63, 3.8) is 0 Å². The fourth-order valence-corrected chi connectivity index (χ4v) is 3.25. The minimum atomic E-state index is -0.0398. The van der Waals surface area contributed by atoms with Crippen molar-refractivity contribution in [2.45, 2.75) is 13.0 Å². The van der Waals surface area contributed by atoms with Gasteiger partial charge in [0.2, 0.25) is 5.78 Å². The van der Waals surface area contributed by atoms with Crippen LogP contribution in [-0.2, 0) is 17.8 Å². The number of carbonyl (C=O) groups is 1. The Kier molecular flexibility index (Phi) is 3.03. The number of pyridine rings is 1. The molecule has 6 nitrogen and oxygen atoms in total. The average Bonchev–Trinajstić information content (AvgIpc) is 3.27. The van der Waals surface area contributed by atoms with Crippen molar-refractivity contribution < 1.29 is 9.53 Å². The van der Waals surface area contributed by atoms with Crippen LogP contribution >= 0.6 is 0 Å². The Labute approximate surface area is 143 Å². The summed E-state index contributed by atoms with van der Waals surface area (Å²) in [6, 6.07) is 11.5. The second kappa shape index (κ2) is 5.37. The topological polar surface area (TPSA) is 69.4 Å². The van der Waals surface area contributed by atoms with E-state index in [1.807, 2.05) is 36.4 Å². The minimum Gasteiger partial charge on any atom is -0.493 e. The molecule has 0 amide bonds. The van der Waals surface area contributed by atoms with E-state index in [0.29, 0.717) is 18.1 Å². The first-order valence-corrected chi connectivity index (χ1v) is 8.15. The molecule has 0 fully saturated rings. The molecule has 0 bridgehead atoms. The van der Waals surface area contributed by atoms with Crippen molar-refractivity contribution in [3.05, 3.63) is 59.9 Å². The van der Waals surface area contributed by atoms with Crippen molar-refractivity contribution in [1.29, 1.82) is 0 Å². The fraction of sp³-hybridized carbons (Fsp3) is 0.158. The van der Waals surface area contributed by atoms with Crippen LogP contribution in [0.15, 0.2) is 53.8 Å². The number of nitrogens with zero attached hydrogens (tertiary/aromatic N) is 4. The molecule has 0 atom stereocenters. The summed E-state index contributed by atoms with van der Waals surface area (Å²) in [5, 5.41) is 4.30. The number of aromatic nitrogens is 3.